The number of ether oxygens (including phenoxy) is 3. The molecule has 3 rings (SSSR count). The van der Waals surface area contributed by atoms with Crippen molar-refractivity contribution in [2.45, 2.75) is 13.8 Å². The summed E-state index contributed by atoms with van der Waals surface area (Å²) in [5.74, 6) is 1.12. The summed E-state index contributed by atoms with van der Waals surface area (Å²) in [5, 5.41) is 0. The summed E-state index contributed by atoms with van der Waals surface area (Å²) in [7, 11) is 0. The molecule has 0 fully saturated rings. The zero-order valence-corrected chi connectivity index (χ0v) is 16.1. The molecule has 1 aliphatic rings. The highest BCUT2D eigenvalue weighted by atomic mass is 79.9. The summed E-state index contributed by atoms with van der Waals surface area (Å²) in [6.45, 7) is 4.89. The Labute approximate surface area is 160 Å². The SMILES string of the molecule is CCOc1ccc(C=C2N=C(c3ccc(Br)cc3)OC2=O)cc1OCC. The van der Waals surface area contributed by atoms with Gasteiger partial charge in [0, 0.05) is 10.0 Å². The van der Waals surface area contributed by atoms with Gasteiger partial charge in [0.15, 0.2) is 17.2 Å². The van der Waals surface area contributed by atoms with Gasteiger partial charge in [-0.05, 0) is 61.9 Å². The molecule has 0 N–H and O–H groups in total. The lowest BCUT2D eigenvalue weighted by molar-refractivity contribution is -0.129. The van der Waals surface area contributed by atoms with Crippen molar-refractivity contribution in [3.05, 3.63) is 63.8 Å². The number of nitrogens with zero attached hydrogens (tertiary/aromatic N) is 1. The Morgan fingerprint density at radius 1 is 1.04 bits per heavy atom. The fourth-order valence-corrected chi connectivity index (χ4v) is 2.70. The van der Waals surface area contributed by atoms with E-state index in [1.165, 1.54) is 0 Å². The zero-order chi connectivity index (χ0) is 18.5. The maximum Gasteiger partial charge on any atom is 0.363 e. The van der Waals surface area contributed by atoms with Gasteiger partial charge in [-0.1, -0.05) is 22.0 Å². The molecule has 0 aliphatic carbocycles. The lowest BCUT2D eigenvalue weighted by Crippen LogP contribution is -2.05. The minimum absolute atomic E-state index is 0.245. The molecule has 1 aliphatic heterocycles. The number of halogens is 1. The number of cyclic esters (lactones) is 1. The minimum atomic E-state index is -0.477. The molecule has 134 valence electrons. The van der Waals surface area contributed by atoms with Crippen molar-refractivity contribution >= 4 is 33.9 Å². The van der Waals surface area contributed by atoms with Crippen LogP contribution >= 0.6 is 15.9 Å². The molecule has 0 saturated heterocycles. The second-order valence-electron chi connectivity index (χ2n) is 5.42. The highest BCUT2D eigenvalue weighted by Gasteiger charge is 2.24. The van der Waals surface area contributed by atoms with Gasteiger partial charge in [0.1, 0.15) is 0 Å². The second kappa shape index (κ2) is 8.19. The van der Waals surface area contributed by atoms with Gasteiger partial charge >= 0.3 is 5.97 Å². The fourth-order valence-electron chi connectivity index (χ4n) is 2.44. The average molecular weight is 416 g/mol. The molecule has 0 unspecified atom stereocenters. The summed E-state index contributed by atoms with van der Waals surface area (Å²) >= 11 is 3.38. The number of aliphatic imine (C=N–C) groups is 1. The largest absolute Gasteiger partial charge is 0.490 e. The predicted octanol–water partition coefficient (Wildman–Crippen LogP) is 4.59. The minimum Gasteiger partial charge on any atom is -0.490 e. The van der Waals surface area contributed by atoms with Crippen molar-refractivity contribution in [3.63, 3.8) is 0 Å². The Morgan fingerprint density at radius 3 is 2.42 bits per heavy atom. The summed E-state index contributed by atoms with van der Waals surface area (Å²) in [5.41, 5.74) is 1.77. The van der Waals surface area contributed by atoms with E-state index >= 15 is 0 Å². The highest BCUT2D eigenvalue weighted by molar-refractivity contribution is 9.10. The van der Waals surface area contributed by atoms with Gasteiger partial charge in [-0.15, -0.1) is 0 Å². The Morgan fingerprint density at radius 2 is 1.73 bits per heavy atom. The molecule has 2 aromatic carbocycles. The quantitative estimate of drug-likeness (QED) is 0.511. The lowest BCUT2D eigenvalue weighted by Gasteiger charge is -2.11. The van der Waals surface area contributed by atoms with E-state index < -0.39 is 5.97 Å². The van der Waals surface area contributed by atoms with Crippen molar-refractivity contribution in [1.82, 2.24) is 0 Å². The normalized spacial score (nSPS) is 15.0. The van der Waals surface area contributed by atoms with Crippen molar-refractivity contribution in [2.24, 2.45) is 4.99 Å². The first-order valence-electron chi connectivity index (χ1n) is 8.29. The third kappa shape index (κ3) is 4.14. The van der Waals surface area contributed by atoms with E-state index in [2.05, 4.69) is 20.9 Å². The fraction of sp³-hybridized carbons (Fsp3) is 0.200. The number of rotatable bonds is 6. The molecule has 0 saturated carbocycles. The second-order valence-corrected chi connectivity index (χ2v) is 6.33. The molecule has 0 radical (unpaired) electrons. The predicted molar refractivity (Wildman–Crippen MR) is 104 cm³/mol. The summed E-state index contributed by atoms with van der Waals surface area (Å²) in [6, 6.07) is 12.9. The van der Waals surface area contributed by atoms with Gasteiger partial charge in [0.05, 0.1) is 13.2 Å². The molecular formula is C20H18BrNO4. The third-order valence-electron chi connectivity index (χ3n) is 3.58. The van der Waals surface area contributed by atoms with E-state index in [9.17, 15) is 4.79 Å². The number of benzene rings is 2. The Hall–Kier alpha value is -2.60. The molecule has 0 aromatic heterocycles. The van der Waals surface area contributed by atoms with Crippen molar-refractivity contribution in [3.8, 4) is 11.5 Å². The van der Waals surface area contributed by atoms with Crippen LogP contribution in [0.5, 0.6) is 11.5 Å². The molecular weight excluding hydrogens is 398 g/mol. The summed E-state index contributed by atoms with van der Waals surface area (Å²) in [6.07, 6.45) is 1.67. The molecule has 0 amide bonds. The van der Waals surface area contributed by atoms with Crippen LogP contribution in [-0.4, -0.2) is 25.1 Å². The number of esters is 1. The van der Waals surface area contributed by atoms with Crippen LogP contribution in [-0.2, 0) is 9.53 Å². The lowest BCUT2D eigenvalue weighted by atomic mass is 10.1. The summed E-state index contributed by atoms with van der Waals surface area (Å²) in [4.78, 5) is 16.5. The van der Waals surface area contributed by atoms with Gasteiger partial charge < -0.3 is 14.2 Å². The van der Waals surface area contributed by atoms with Crippen molar-refractivity contribution < 1.29 is 19.0 Å². The van der Waals surface area contributed by atoms with Crippen LogP contribution in [0.1, 0.15) is 25.0 Å². The summed E-state index contributed by atoms with van der Waals surface area (Å²) < 4.78 is 17.4. The molecule has 0 bridgehead atoms. The van der Waals surface area contributed by atoms with Crippen molar-refractivity contribution in [2.75, 3.05) is 13.2 Å². The number of hydrogen-bond acceptors (Lipinski definition) is 5. The topological polar surface area (TPSA) is 57.1 Å². The Bertz CT molecular complexity index is 872. The smallest absolute Gasteiger partial charge is 0.363 e. The standard InChI is InChI=1S/C20H18BrNO4/c1-3-24-17-10-5-13(12-18(17)25-4-2)11-16-20(23)26-19(22-16)14-6-8-15(21)9-7-14/h5-12H,3-4H2,1-2H3. The first kappa shape index (κ1) is 18.2. The van der Waals surface area contributed by atoms with E-state index in [1.54, 1.807) is 6.08 Å². The van der Waals surface area contributed by atoms with E-state index in [4.69, 9.17) is 14.2 Å². The van der Waals surface area contributed by atoms with Crippen LogP contribution in [0.2, 0.25) is 0 Å². The highest BCUT2D eigenvalue weighted by Crippen LogP contribution is 2.30. The molecule has 0 atom stereocenters. The number of carbonyl (C=O) groups excluding carboxylic acids is 1. The van der Waals surface area contributed by atoms with Gasteiger partial charge in [-0.3, -0.25) is 0 Å². The van der Waals surface area contributed by atoms with Crippen LogP contribution < -0.4 is 9.47 Å². The van der Waals surface area contributed by atoms with E-state index in [1.807, 2.05) is 56.3 Å². The van der Waals surface area contributed by atoms with Gasteiger partial charge in [0.25, 0.3) is 0 Å². The van der Waals surface area contributed by atoms with Crippen LogP contribution in [0.25, 0.3) is 6.08 Å². The Balaban J connectivity index is 1.90. The van der Waals surface area contributed by atoms with Gasteiger partial charge in [0.2, 0.25) is 5.90 Å². The average Bonchev–Trinajstić information content (AvgIpc) is 2.99. The first-order valence-corrected chi connectivity index (χ1v) is 9.08. The maximum absolute atomic E-state index is 12.1. The third-order valence-corrected chi connectivity index (χ3v) is 4.11. The molecule has 2 aromatic rings. The number of carbonyl (C=O) groups is 1. The monoisotopic (exact) mass is 415 g/mol. The zero-order valence-electron chi connectivity index (χ0n) is 14.5. The van der Waals surface area contributed by atoms with E-state index in [-0.39, 0.29) is 5.70 Å². The van der Waals surface area contributed by atoms with E-state index in [0.29, 0.717) is 30.6 Å². The number of hydrogen-bond donors (Lipinski definition) is 0. The maximum atomic E-state index is 12.1. The molecule has 5 nitrogen and oxygen atoms in total. The van der Waals surface area contributed by atoms with Crippen LogP contribution in [0.3, 0.4) is 0 Å². The van der Waals surface area contributed by atoms with E-state index in [0.717, 1.165) is 15.6 Å². The van der Waals surface area contributed by atoms with Gasteiger partial charge in [-0.25, -0.2) is 9.79 Å². The van der Waals surface area contributed by atoms with Gasteiger partial charge in [-0.2, -0.15) is 0 Å². The van der Waals surface area contributed by atoms with Crippen LogP contribution in [0, 0.1) is 0 Å². The molecule has 6 heteroatoms. The molecule has 26 heavy (non-hydrogen) atoms. The molecule has 1 heterocycles. The Kier molecular flexibility index (Phi) is 5.73. The van der Waals surface area contributed by atoms with Crippen LogP contribution in [0.4, 0.5) is 0 Å². The van der Waals surface area contributed by atoms with Crippen molar-refractivity contribution in [1.29, 1.82) is 0 Å². The van der Waals surface area contributed by atoms with Crippen LogP contribution in [0.15, 0.2) is 57.6 Å². The molecule has 0 spiro atoms. The first-order chi connectivity index (χ1) is 12.6.